The Morgan fingerprint density at radius 2 is 2.36 bits per heavy atom. The van der Waals surface area contributed by atoms with Gasteiger partial charge in [0.25, 0.3) is 0 Å². The molecule has 11 heavy (non-hydrogen) atoms. The molecule has 0 aromatic carbocycles. The minimum atomic E-state index is -0.386. The third-order valence-electron chi connectivity index (χ3n) is 1.20. The van der Waals surface area contributed by atoms with E-state index in [-0.39, 0.29) is 5.97 Å². The highest BCUT2D eigenvalue weighted by Gasteiger charge is 2.04. The first-order valence-electron chi connectivity index (χ1n) is 3.11. The van der Waals surface area contributed by atoms with E-state index in [2.05, 4.69) is 14.9 Å². The van der Waals surface area contributed by atoms with Gasteiger partial charge in [-0.05, 0) is 13.0 Å². The van der Waals surface area contributed by atoms with Gasteiger partial charge in [0.15, 0.2) is 0 Å². The number of methoxy groups -OCH3 is 1. The van der Waals surface area contributed by atoms with Gasteiger partial charge in [-0.15, -0.1) is 0 Å². The fourth-order valence-electron chi connectivity index (χ4n) is 0.703. The molecule has 0 unspecified atom stereocenters. The number of aryl methyl sites for hydroxylation is 1. The fraction of sp³-hybridized carbons (Fsp3) is 0.286. The highest BCUT2D eigenvalue weighted by molar-refractivity contribution is 5.88. The Kier molecular flexibility index (Phi) is 2.15. The molecular formula is C7H8N2O2. The van der Waals surface area contributed by atoms with Crippen molar-refractivity contribution in [2.75, 3.05) is 7.11 Å². The summed E-state index contributed by atoms with van der Waals surface area (Å²) in [7, 11) is 1.33. The van der Waals surface area contributed by atoms with E-state index in [1.54, 1.807) is 13.0 Å². The molecule has 0 aliphatic carbocycles. The minimum absolute atomic E-state index is 0.386. The lowest BCUT2D eigenvalue weighted by Gasteiger charge is -1.96. The number of rotatable bonds is 1. The summed E-state index contributed by atoms with van der Waals surface area (Å²) in [5.41, 5.74) is 1.13. The second-order valence-corrected chi connectivity index (χ2v) is 2.08. The Hall–Kier alpha value is -1.45. The maximum atomic E-state index is 10.9. The van der Waals surface area contributed by atoms with E-state index in [9.17, 15) is 4.79 Å². The lowest BCUT2D eigenvalue weighted by atomic mass is 10.3. The van der Waals surface area contributed by atoms with Crippen molar-refractivity contribution < 1.29 is 9.53 Å². The molecule has 0 N–H and O–H groups in total. The summed E-state index contributed by atoms with van der Waals surface area (Å²) in [6, 6.07) is 1.62. The summed E-state index contributed by atoms with van der Waals surface area (Å²) in [5, 5.41) is 7.30. The van der Waals surface area contributed by atoms with Gasteiger partial charge in [-0.2, -0.15) is 10.2 Å². The van der Waals surface area contributed by atoms with Crippen LogP contribution in [-0.2, 0) is 4.74 Å². The average molecular weight is 152 g/mol. The van der Waals surface area contributed by atoms with Crippen molar-refractivity contribution >= 4 is 5.97 Å². The summed E-state index contributed by atoms with van der Waals surface area (Å²) in [4.78, 5) is 10.9. The van der Waals surface area contributed by atoms with Crippen molar-refractivity contribution in [1.29, 1.82) is 0 Å². The summed E-state index contributed by atoms with van der Waals surface area (Å²) in [5.74, 6) is -0.386. The van der Waals surface area contributed by atoms with Crippen LogP contribution in [0.25, 0.3) is 0 Å². The predicted molar refractivity (Wildman–Crippen MR) is 38.1 cm³/mol. The molecule has 0 saturated heterocycles. The summed E-state index contributed by atoms with van der Waals surface area (Å²) < 4.78 is 4.48. The minimum Gasteiger partial charge on any atom is -0.465 e. The van der Waals surface area contributed by atoms with Crippen LogP contribution in [0.5, 0.6) is 0 Å². The molecule has 0 aliphatic rings. The SMILES string of the molecule is COC(=O)c1cnnc(C)c1. The van der Waals surface area contributed by atoms with Gasteiger partial charge in [0.05, 0.1) is 24.6 Å². The van der Waals surface area contributed by atoms with Crippen LogP contribution in [0.1, 0.15) is 16.1 Å². The molecule has 1 heterocycles. The van der Waals surface area contributed by atoms with Crippen molar-refractivity contribution in [2.45, 2.75) is 6.92 Å². The topological polar surface area (TPSA) is 52.1 Å². The van der Waals surface area contributed by atoms with Gasteiger partial charge in [-0.25, -0.2) is 4.79 Å². The van der Waals surface area contributed by atoms with Gasteiger partial charge < -0.3 is 4.74 Å². The van der Waals surface area contributed by atoms with E-state index in [4.69, 9.17) is 0 Å². The van der Waals surface area contributed by atoms with Crippen molar-refractivity contribution in [3.05, 3.63) is 23.5 Å². The monoisotopic (exact) mass is 152 g/mol. The lowest BCUT2D eigenvalue weighted by molar-refractivity contribution is 0.0600. The van der Waals surface area contributed by atoms with Crippen molar-refractivity contribution in [2.24, 2.45) is 0 Å². The third kappa shape index (κ3) is 1.73. The Morgan fingerprint density at radius 3 is 2.91 bits per heavy atom. The molecule has 0 saturated carbocycles. The van der Waals surface area contributed by atoms with Gasteiger partial charge in [0.1, 0.15) is 0 Å². The first-order valence-corrected chi connectivity index (χ1v) is 3.11. The quantitative estimate of drug-likeness (QED) is 0.552. The van der Waals surface area contributed by atoms with Gasteiger partial charge in [0, 0.05) is 0 Å². The second-order valence-electron chi connectivity index (χ2n) is 2.08. The second kappa shape index (κ2) is 3.09. The number of carbonyl (C=O) groups is 1. The lowest BCUT2D eigenvalue weighted by Crippen LogP contribution is -2.02. The standard InChI is InChI=1S/C7H8N2O2/c1-5-3-6(4-8-9-5)7(10)11-2/h3-4H,1-2H3. The third-order valence-corrected chi connectivity index (χ3v) is 1.20. The van der Waals surface area contributed by atoms with Gasteiger partial charge in [-0.3, -0.25) is 0 Å². The van der Waals surface area contributed by atoms with Crippen LogP contribution in [-0.4, -0.2) is 23.3 Å². The van der Waals surface area contributed by atoms with Crippen LogP contribution in [0.15, 0.2) is 12.3 Å². The van der Waals surface area contributed by atoms with Crippen LogP contribution >= 0.6 is 0 Å². The maximum absolute atomic E-state index is 10.9. The molecule has 0 fully saturated rings. The first-order chi connectivity index (χ1) is 5.24. The molecule has 0 aliphatic heterocycles. The molecule has 4 nitrogen and oxygen atoms in total. The Balaban J connectivity index is 2.96. The van der Waals surface area contributed by atoms with Gasteiger partial charge >= 0.3 is 5.97 Å². The van der Waals surface area contributed by atoms with E-state index in [1.807, 2.05) is 0 Å². The summed E-state index contributed by atoms with van der Waals surface area (Å²) in [6.07, 6.45) is 1.37. The fourth-order valence-corrected chi connectivity index (χ4v) is 0.703. The number of nitrogens with zero attached hydrogens (tertiary/aromatic N) is 2. The number of esters is 1. The maximum Gasteiger partial charge on any atom is 0.339 e. The highest BCUT2D eigenvalue weighted by Crippen LogP contribution is 1.99. The van der Waals surface area contributed by atoms with Crippen LogP contribution in [0.2, 0.25) is 0 Å². The van der Waals surface area contributed by atoms with E-state index < -0.39 is 0 Å². The highest BCUT2D eigenvalue weighted by atomic mass is 16.5. The molecule has 0 atom stereocenters. The van der Waals surface area contributed by atoms with Crippen LogP contribution in [0.4, 0.5) is 0 Å². The van der Waals surface area contributed by atoms with Gasteiger partial charge in [-0.1, -0.05) is 0 Å². The Bertz CT molecular complexity index is 273. The van der Waals surface area contributed by atoms with Crippen molar-refractivity contribution in [3.63, 3.8) is 0 Å². The molecule has 1 aromatic heterocycles. The number of hydrogen-bond donors (Lipinski definition) is 0. The van der Waals surface area contributed by atoms with E-state index in [1.165, 1.54) is 13.3 Å². The zero-order chi connectivity index (χ0) is 8.27. The Morgan fingerprint density at radius 1 is 1.64 bits per heavy atom. The number of carbonyl (C=O) groups excluding carboxylic acids is 1. The van der Waals surface area contributed by atoms with E-state index >= 15 is 0 Å². The molecule has 1 aromatic rings. The largest absolute Gasteiger partial charge is 0.465 e. The average Bonchev–Trinajstić information content (AvgIpc) is 2.03. The van der Waals surface area contributed by atoms with Crippen LogP contribution < -0.4 is 0 Å². The molecule has 0 radical (unpaired) electrons. The normalized spacial score (nSPS) is 9.27. The number of hydrogen-bond acceptors (Lipinski definition) is 4. The van der Waals surface area contributed by atoms with E-state index in [0.29, 0.717) is 11.3 Å². The van der Waals surface area contributed by atoms with Crippen LogP contribution in [0.3, 0.4) is 0 Å². The smallest absolute Gasteiger partial charge is 0.339 e. The zero-order valence-corrected chi connectivity index (χ0v) is 6.37. The number of aromatic nitrogens is 2. The molecule has 4 heteroatoms. The number of ether oxygens (including phenoxy) is 1. The van der Waals surface area contributed by atoms with Gasteiger partial charge in [0.2, 0.25) is 0 Å². The zero-order valence-electron chi connectivity index (χ0n) is 6.37. The molecule has 0 amide bonds. The van der Waals surface area contributed by atoms with E-state index in [0.717, 1.165) is 0 Å². The van der Waals surface area contributed by atoms with Crippen molar-refractivity contribution in [3.8, 4) is 0 Å². The van der Waals surface area contributed by atoms with Crippen molar-refractivity contribution in [1.82, 2.24) is 10.2 Å². The first kappa shape index (κ1) is 7.65. The Labute approximate surface area is 64.2 Å². The van der Waals surface area contributed by atoms with Crippen LogP contribution in [0, 0.1) is 6.92 Å². The molecule has 1 rings (SSSR count). The molecular weight excluding hydrogens is 144 g/mol. The summed E-state index contributed by atoms with van der Waals surface area (Å²) >= 11 is 0. The predicted octanol–water partition coefficient (Wildman–Crippen LogP) is 0.572. The molecule has 0 spiro atoms. The molecule has 58 valence electrons. The molecule has 0 bridgehead atoms. The summed E-state index contributed by atoms with van der Waals surface area (Å²) in [6.45, 7) is 1.76.